The monoisotopic (exact) mass is 1140 g/mol. The van der Waals surface area contributed by atoms with Crippen LogP contribution in [0, 0.1) is 42.4 Å². The molecular formula is C80H44N10. The lowest BCUT2D eigenvalue weighted by Gasteiger charge is -2.20. The Bertz CT molecular complexity index is 5400. The molecule has 12 aromatic carbocycles. The van der Waals surface area contributed by atoms with Gasteiger partial charge in [0, 0.05) is 43.8 Å². The molecule has 3 aromatic heterocycles. The molecule has 0 unspecified atom stereocenters. The molecule has 0 N–H and O–H groups in total. The first-order valence-corrected chi connectivity index (χ1v) is 29.0. The Kier molecular flexibility index (Phi) is 13.2. The van der Waals surface area contributed by atoms with Crippen LogP contribution in [-0.2, 0) is 0 Å². The van der Waals surface area contributed by atoms with Crippen molar-refractivity contribution in [2.75, 3.05) is 0 Å². The molecule has 0 amide bonds. The number of rotatable bonds is 10. The molecule has 90 heavy (non-hydrogen) atoms. The zero-order chi connectivity index (χ0) is 60.8. The molecule has 15 rings (SSSR count). The van der Waals surface area contributed by atoms with E-state index in [1.807, 2.05) is 182 Å². The van der Waals surface area contributed by atoms with Gasteiger partial charge in [-0.1, -0.05) is 188 Å². The molecule has 0 aliphatic rings. The third-order valence-electron chi connectivity index (χ3n) is 16.8. The van der Waals surface area contributed by atoms with Crippen molar-refractivity contribution in [2.45, 2.75) is 0 Å². The molecule has 15 aromatic rings. The summed E-state index contributed by atoms with van der Waals surface area (Å²) in [6.07, 6.45) is 0. The van der Waals surface area contributed by atoms with Crippen LogP contribution >= 0.6 is 0 Å². The highest BCUT2D eigenvalue weighted by Crippen LogP contribution is 2.47. The molecule has 0 spiro atoms. The van der Waals surface area contributed by atoms with Crippen LogP contribution < -0.4 is 0 Å². The van der Waals surface area contributed by atoms with E-state index in [2.05, 4.69) is 121 Å². The summed E-state index contributed by atoms with van der Waals surface area (Å²) < 4.78 is 4.53. The molecule has 10 heteroatoms. The summed E-state index contributed by atoms with van der Waals surface area (Å²) in [4.78, 5) is 27.5. The van der Waals surface area contributed by atoms with E-state index in [9.17, 15) is 10.5 Å². The normalized spacial score (nSPS) is 11.1. The van der Waals surface area contributed by atoms with Gasteiger partial charge in [-0.15, -0.1) is 0 Å². The van der Waals surface area contributed by atoms with Crippen molar-refractivity contribution >= 4 is 60.7 Å². The Hall–Kier alpha value is -13.3. The maximum atomic E-state index is 10.4. The summed E-state index contributed by atoms with van der Waals surface area (Å²) in [5, 5.41) is 24.4. The van der Waals surface area contributed by atoms with Gasteiger partial charge in [0.25, 0.3) is 0 Å². The molecule has 0 radical (unpaired) electrons. The van der Waals surface area contributed by atoms with Crippen molar-refractivity contribution in [1.82, 2.24) is 24.1 Å². The summed E-state index contributed by atoms with van der Waals surface area (Å²) in [5.41, 5.74) is 18.3. The minimum atomic E-state index is 0.432. The summed E-state index contributed by atoms with van der Waals surface area (Å²) in [6.45, 7) is 24.9. The molecular weight excluding hydrogens is 1100 g/mol. The van der Waals surface area contributed by atoms with Gasteiger partial charge in [-0.25, -0.2) is 29.5 Å². The molecule has 0 bridgehead atoms. The first-order chi connectivity index (χ1) is 44.4. The van der Waals surface area contributed by atoms with Crippen molar-refractivity contribution in [2.24, 2.45) is 0 Å². The zero-order valence-corrected chi connectivity index (χ0v) is 47.9. The fourth-order valence-electron chi connectivity index (χ4n) is 12.6. The van der Waals surface area contributed by atoms with Crippen LogP contribution in [0.15, 0.2) is 267 Å². The van der Waals surface area contributed by atoms with Crippen LogP contribution in [0.2, 0.25) is 0 Å². The number of nitrogens with zero attached hydrogens (tertiary/aromatic N) is 10. The van der Waals surface area contributed by atoms with E-state index in [0.717, 1.165) is 122 Å². The second-order valence-electron chi connectivity index (χ2n) is 21.8. The first kappa shape index (κ1) is 53.4. The molecule has 0 saturated carbocycles. The smallest absolute Gasteiger partial charge is 0.194 e. The molecule has 0 fully saturated rings. The average Bonchev–Trinajstić information content (AvgIpc) is 1.57. The lowest BCUT2D eigenvalue weighted by Crippen LogP contribution is -2.04. The van der Waals surface area contributed by atoms with Gasteiger partial charge in [0.2, 0.25) is 0 Å². The van der Waals surface area contributed by atoms with Gasteiger partial charge in [-0.05, 0) is 129 Å². The largest absolute Gasteiger partial charge is 0.309 e. The minimum Gasteiger partial charge on any atom is -0.309 e. The minimum absolute atomic E-state index is 0.432. The van der Waals surface area contributed by atoms with E-state index < -0.39 is 0 Å². The predicted molar refractivity (Wildman–Crippen MR) is 360 cm³/mol. The van der Waals surface area contributed by atoms with Crippen molar-refractivity contribution in [3.05, 3.63) is 312 Å². The SMILES string of the molecule is [C-]#[N+]c1ccc(-n2c3ccc(-c4ccccc4C#N)cc3c3cc(-c4ccccc4[N+]#[C-])ccc32)c(-c2ccc(-c3nc(-c4ccccc4)nc(-c4ccccc4)n3)cc2-n2c3ccc(-c4ccccc4C#N)cc3c3cc(-c4ccccc4[N+]#[C-])ccc32)c1. The third kappa shape index (κ3) is 9.14. The molecule has 0 saturated heterocycles. The van der Waals surface area contributed by atoms with Crippen LogP contribution in [-0.4, -0.2) is 24.1 Å². The highest BCUT2D eigenvalue weighted by molar-refractivity contribution is 6.14. The van der Waals surface area contributed by atoms with Crippen LogP contribution in [0.5, 0.6) is 0 Å². The van der Waals surface area contributed by atoms with Gasteiger partial charge in [0.1, 0.15) is 0 Å². The van der Waals surface area contributed by atoms with Gasteiger partial charge in [-0.2, -0.15) is 10.5 Å². The highest BCUT2D eigenvalue weighted by atomic mass is 15.0. The summed E-state index contributed by atoms with van der Waals surface area (Å²) in [5.74, 6) is 1.47. The average molecular weight is 1150 g/mol. The second kappa shape index (κ2) is 22.3. The van der Waals surface area contributed by atoms with Gasteiger partial charge < -0.3 is 9.13 Å². The number of fused-ring (bicyclic) bond motifs is 6. The third-order valence-corrected chi connectivity index (χ3v) is 16.8. The Balaban J connectivity index is 1.05. The van der Waals surface area contributed by atoms with Gasteiger partial charge >= 0.3 is 0 Å². The molecule has 0 aliphatic carbocycles. The molecule has 3 heterocycles. The van der Waals surface area contributed by atoms with Crippen molar-refractivity contribution < 1.29 is 0 Å². The topological polar surface area (TPSA) is 109 Å². The quantitative estimate of drug-likeness (QED) is 0.127. The highest BCUT2D eigenvalue weighted by Gasteiger charge is 2.25. The second-order valence-corrected chi connectivity index (χ2v) is 21.8. The fourth-order valence-corrected chi connectivity index (χ4v) is 12.6. The van der Waals surface area contributed by atoms with Crippen molar-refractivity contribution in [3.8, 4) is 113 Å². The number of hydrogen-bond acceptors (Lipinski definition) is 5. The zero-order valence-electron chi connectivity index (χ0n) is 47.9. The van der Waals surface area contributed by atoms with Crippen LogP contribution in [0.1, 0.15) is 11.1 Å². The van der Waals surface area contributed by atoms with E-state index in [4.69, 9.17) is 34.7 Å². The number of hydrogen-bond donors (Lipinski definition) is 0. The predicted octanol–water partition coefficient (Wildman–Crippen LogP) is 20.8. The first-order valence-electron chi connectivity index (χ1n) is 29.0. The van der Waals surface area contributed by atoms with E-state index in [0.29, 0.717) is 51.2 Å². The van der Waals surface area contributed by atoms with Crippen LogP contribution in [0.25, 0.3) is 159 Å². The molecule has 0 aliphatic heterocycles. The van der Waals surface area contributed by atoms with Crippen molar-refractivity contribution in [1.29, 1.82) is 10.5 Å². The molecule has 10 nitrogen and oxygen atoms in total. The number of aromatic nitrogens is 5. The van der Waals surface area contributed by atoms with Crippen LogP contribution in [0.4, 0.5) is 17.1 Å². The van der Waals surface area contributed by atoms with E-state index >= 15 is 0 Å². The fraction of sp³-hybridized carbons (Fsp3) is 0. The maximum absolute atomic E-state index is 10.4. The Morgan fingerprint density at radius 2 is 0.667 bits per heavy atom. The van der Waals surface area contributed by atoms with E-state index in [1.54, 1.807) is 0 Å². The number of para-hydroxylation sites is 2. The lowest BCUT2D eigenvalue weighted by atomic mass is 9.97. The Morgan fingerprint density at radius 3 is 1.10 bits per heavy atom. The molecule has 0 atom stereocenters. The summed E-state index contributed by atoms with van der Waals surface area (Å²) >= 11 is 0. The van der Waals surface area contributed by atoms with Crippen LogP contribution in [0.3, 0.4) is 0 Å². The van der Waals surface area contributed by atoms with Gasteiger partial charge in [0.05, 0.1) is 76.4 Å². The Labute approximate surface area is 518 Å². The summed E-state index contributed by atoms with van der Waals surface area (Å²) in [6, 6.07) is 92.6. The lowest BCUT2D eigenvalue weighted by molar-refractivity contribution is 1.07. The van der Waals surface area contributed by atoms with Crippen molar-refractivity contribution in [3.63, 3.8) is 0 Å². The maximum Gasteiger partial charge on any atom is 0.194 e. The Morgan fingerprint density at radius 1 is 0.289 bits per heavy atom. The van der Waals surface area contributed by atoms with E-state index in [-0.39, 0.29) is 0 Å². The standard InChI is InChI=1S/C80H44N10/c1-83-59-35-41-76(89-72-37-31-52(60-24-12-10-22-57(60)48-81)42-65(72)67-44-54(33-39-73(67)89)62-26-14-16-28-70(62)84-2)69(47-59)64-36-30-56(80-87-78(50-18-6-4-7-19-50)86-79(88-80)51-20-8-5-9-21-51)46-77(64)90-74-38-32-53(61-25-13-11-23-58(61)49-82)43-66(74)68-45-55(34-40-75(68)90)63-27-15-17-29-71(63)85-3/h4-47H. The summed E-state index contributed by atoms with van der Waals surface area (Å²) in [7, 11) is 0. The van der Waals surface area contributed by atoms with Gasteiger partial charge in [0.15, 0.2) is 34.5 Å². The molecule has 414 valence electrons. The number of benzene rings is 12. The van der Waals surface area contributed by atoms with Gasteiger partial charge in [-0.3, -0.25) is 0 Å². The number of nitriles is 2. The van der Waals surface area contributed by atoms with E-state index in [1.165, 1.54) is 0 Å².